The molecule has 140 valence electrons. The highest BCUT2D eigenvalue weighted by molar-refractivity contribution is 6.30. The van der Waals surface area contributed by atoms with Crippen LogP contribution in [0.1, 0.15) is 32.3 Å². The Balaban J connectivity index is 1.90. The molecule has 5 nitrogen and oxygen atoms in total. The van der Waals surface area contributed by atoms with Crippen LogP contribution in [0.4, 0.5) is 0 Å². The van der Waals surface area contributed by atoms with Gasteiger partial charge in [-0.05, 0) is 30.5 Å². The number of nitrogens with one attached hydrogen (secondary N) is 2. The number of aliphatic hydroxyl groups is 1. The van der Waals surface area contributed by atoms with Crippen LogP contribution >= 0.6 is 11.6 Å². The van der Waals surface area contributed by atoms with Gasteiger partial charge in [-0.15, -0.1) is 0 Å². The number of rotatable bonds is 7. The summed E-state index contributed by atoms with van der Waals surface area (Å²) in [7, 11) is 1.77. The zero-order valence-electron chi connectivity index (χ0n) is 15.4. The normalized spacial score (nSPS) is 21.4. The minimum absolute atomic E-state index is 0.00192. The first-order valence-electron chi connectivity index (χ1n) is 8.80. The number of halogens is 1. The molecular formula is C19H30ClN3O2. The minimum atomic E-state index is -0.0541. The molecule has 1 aliphatic rings. The minimum Gasteiger partial charge on any atom is -0.396 e. The second-order valence-electron chi connectivity index (χ2n) is 7.45. The first-order valence-corrected chi connectivity index (χ1v) is 9.18. The zero-order valence-corrected chi connectivity index (χ0v) is 16.2. The van der Waals surface area contributed by atoms with E-state index in [-0.39, 0.29) is 17.4 Å². The molecule has 0 aromatic heterocycles. The summed E-state index contributed by atoms with van der Waals surface area (Å²) in [5.41, 5.74) is 1.17. The summed E-state index contributed by atoms with van der Waals surface area (Å²) in [6.45, 7) is 7.50. The van der Waals surface area contributed by atoms with Gasteiger partial charge in [-0.2, -0.15) is 0 Å². The highest BCUT2D eigenvalue weighted by Crippen LogP contribution is 2.31. The average Bonchev–Trinajstić information content (AvgIpc) is 3.04. The summed E-state index contributed by atoms with van der Waals surface area (Å²) >= 11 is 5.98. The van der Waals surface area contributed by atoms with Gasteiger partial charge in [-0.3, -0.25) is 4.99 Å². The fourth-order valence-corrected chi connectivity index (χ4v) is 3.24. The molecule has 1 saturated heterocycles. The molecule has 0 saturated carbocycles. The first-order chi connectivity index (χ1) is 11.9. The van der Waals surface area contributed by atoms with E-state index in [2.05, 4.69) is 41.6 Å². The summed E-state index contributed by atoms with van der Waals surface area (Å²) in [5.74, 6) is 0.770. The number of hydrogen-bond acceptors (Lipinski definition) is 3. The van der Waals surface area contributed by atoms with Crippen LogP contribution in [0.3, 0.4) is 0 Å². The molecule has 6 heteroatoms. The molecule has 25 heavy (non-hydrogen) atoms. The largest absolute Gasteiger partial charge is 0.396 e. The fourth-order valence-electron chi connectivity index (χ4n) is 3.11. The lowest BCUT2D eigenvalue weighted by molar-refractivity contribution is 0.127. The Kier molecular flexibility index (Phi) is 7.11. The number of ether oxygens (including phenoxy) is 1. The van der Waals surface area contributed by atoms with Crippen molar-refractivity contribution in [2.75, 3.05) is 40.0 Å². The quantitative estimate of drug-likeness (QED) is 0.512. The van der Waals surface area contributed by atoms with Crippen molar-refractivity contribution in [3.8, 4) is 0 Å². The van der Waals surface area contributed by atoms with Crippen LogP contribution in [0, 0.1) is 5.41 Å². The van der Waals surface area contributed by atoms with Crippen molar-refractivity contribution in [1.82, 2.24) is 10.6 Å². The monoisotopic (exact) mass is 367 g/mol. The van der Waals surface area contributed by atoms with Crippen LogP contribution in [0.2, 0.25) is 5.02 Å². The molecule has 0 amide bonds. The molecular weight excluding hydrogens is 338 g/mol. The second kappa shape index (κ2) is 8.88. The Morgan fingerprint density at radius 3 is 2.60 bits per heavy atom. The maximum atomic E-state index is 9.33. The van der Waals surface area contributed by atoms with Gasteiger partial charge >= 0.3 is 0 Å². The van der Waals surface area contributed by atoms with Crippen molar-refractivity contribution in [1.29, 1.82) is 0 Å². The smallest absolute Gasteiger partial charge is 0.191 e. The molecule has 1 heterocycles. The first kappa shape index (κ1) is 20.0. The van der Waals surface area contributed by atoms with Crippen molar-refractivity contribution >= 4 is 17.6 Å². The van der Waals surface area contributed by atoms with E-state index in [0.29, 0.717) is 6.61 Å². The number of benzene rings is 1. The summed E-state index contributed by atoms with van der Waals surface area (Å²) in [6, 6.07) is 7.97. The number of guanidine groups is 1. The summed E-state index contributed by atoms with van der Waals surface area (Å²) in [5, 5.41) is 16.9. The number of nitrogens with zero attached hydrogens (tertiary/aromatic N) is 1. The maximum Gasteiger partial charge on any atom is 0.191 e. The lowest BCUT2D eigenvalue weighted by atomic mass is 9.84. The van der Waals surface area contributed by atoms with Crippen molar-refractivity contribution < 1.29 is 9.84 Å². The third-order valence-electron chi connectivity index (χ3n) is 5.01. The van der Waals surface area contributed by atoms with E-state index in [1.54, 1.807) is 7.05 Å². The van der Waals surface area contributed by atoms with Crippen molar-refractivity contribution in [2.45, 2.75) is 32.1 Å². The standard InChI is InChI=1S/C19H30ClN3O2/c1-18(2,15-4-6-16(20)7-5-15)12-22-17(21-3)23-13-19(8-10-24)9-11-25-14-19/h4-7,24H,8-14H2,1-3H3,(H2,21,22,23). The highest BCUT2D eigenvalue weighted by Gasteiger charge is 2.34. The zero-order chi connectivity index (χ0) is 18.3. The number of aliphatic hydroxyl groups excluding tert-OH is 1. The van der Waals surface area contributed by atoms with E-state index in [1.165, 1.54) is 5.56 Å². The van der Waals surface area contributed by atoms with Gasteiger partial charge in [-0.25, -0.2) is 0 Å². The molecule has 1 aromatic rings. The second-order valence-corrected chi connectivity index (χ2v) is 7.88. The lowest BCUT2D eigenvalue weighted by Gasteiger charge is -2.30. The Morgan fingerprint density at radius 2 is 2.04 bits per heavy atom. The SMILES string of the molecule is CN=C(NCC1(CCO)CCOC1)NCC(C)(C)c1ccc(Cl)cc1. The summed E-state index contributed by atoms with van der Waals surface area (Å²) in [6.07, 6.45) is 1.71. The third kappa shape index (κ3) is 5.59. The molecule has 0 spiro atoms. The summed E-state index contributed by atoms with van der Waals surface area (Å²) < 4.78 is 5.54. The van der Waals surface area contributed by atoms with Gasteiger partial charge in [0, 0.05) is 49.2 Å². The van der Waals surface area contributed by atoms with Gasteiger partial charge in [0.05, 0.1) is 6.61 Å². The van der Waals surface area contributed by atoms with Crippen LogP contribution in [0.5, 0.6) is 0 Å². The molecule has 1 fully saturated rings. The molecule has 0 radical (unpaired) electrons. The van der Waals surface area contributed by atoms with Crippen LogP contribution in [-0.2, 0) is 10.2 Å². The Hall–Kier alpha value is -1.30. The lowest BCUT2D eigenvalue weighted by Crippen LogP contribution is -2.47. The average molecular weight is 368 g/mol. The fraction of sp³-hybridized carbons (Fsp3) is 0.632. The van der Waals surface area contributed by atoms with E-state index in [9.17, 15) is 5.11 Å². The van der Waals surface area contributed by atoms with Crippen LogP contribution in [0.25, 0.3) is 0 Å². The Bertz CT molecular complexity index is 567. The molecule has 2 rings (SSSR count). The van der Waals surface area contributed by atoms with E-state index < -0.39 is 0 Å². The number of hydrogen-bond donors (Lipinski definition) is 3. The van der Waals surface area contributed by atoms with Crippen LogP contribution < -0.4 is 10.6 Å². The van der Waals surface area contributed by atoms with E-state index in [4.69, 9.17) is 16.3 Å². The molecule has 1 aromatic carbocycles. The molecule has 0 aliphatic carbocycles. The predicted octanol–water partition coefficient (Wildman–Crippen LogP) is 2.57. The van der Waals surface area contributed by atoms with Gasteiger partial charge in [0.15, 0.2) is 5.96 Å². The molecule has 1 unspecified atom stereocenters. The van der Waals surface area contributed by atoms with Crippen molar-refractivity contribution in [3.63, 3.8) is 0 Å². The van der Waals surface area contributed by atoms with Gasteiger partial charge in [-0.1, -0.05) is 37.6 Å². The maximum absolute atomic E-state index is 9.33. The molecule has 1 aliphatic heterocycles. The number of aliphatic imine (C=N–C) groups is 1. The van der Waals surface area contributed by atoms with Gasteiger partial charge in [0.25, 0.3) is 0 Å². The topological polar surface area (TPSA) is 65.9 Å². The van der Waals surface area contributed by atoms with Crippen molar-refractivity contribution in [3.05, 3.63) is 34.9 Å². The van der Waals surface area contributed by atoms with E-state index >= 15 is 0 Å². The van der Waals surface area contributed by atoms with Gasteiger partial charge in [0.1, 0.15) is 0 Å². The van der Waals surface area contributed by atoms with Crippen LogP contribution in [-0.4, -0.2) is 51.0 Å². The van der Waals surface area contributed by atoms with Crippen molar-refractivity contribution in [2.24, 2.45) is 10.4 Å². The van der Waals surface area contributed by atoms with Gasteiger partial charge in [0.2, 0.25) is 0 Å². The third-order valence-corrected chi connectivity index (χ3v) is 5.26. The van der Waals surface area contributed by atoms with Crippen LogP contribution in [0.15, 0.2) is 29.3 Å². The Morgan fingerprint density at radius 1 is 1.32 bits per heavy atom. The molecule has 3 N–H and O–H groups in total. The van der Waals surface area contributed by atoms with Gasteiger partial charge < -0.3 is 20.5 Å². The molecule has 1 atom stereocenters. The highest BCUT2D eigenvalue weighted by atomic mass is 35.5. The van der Waals surface area contributed by atoms with E-state index in [1.807, 2.05) is 12.1 Å². The summed E-state index contributed by atoms with van der Waals surface area (Å²) in [4.78, 5) is 4.32. The Labute approximate surface area is 155 Å². The predicted molar refractivity (Wildman–Crippen MR) is 103 cm³/mol. The van der Waals surface area contributed by atoms with E-state index in [0.717, 1.165) is 43.5 Å². The molecule has 0 bridgehead atoms.